The zero-order chi connectivity index (χ0) is 12.6. The molecule has 0 aliphatic carbocycles. The van der Waals surface area contributed by atoms with Gasteiger partial charge in [-0.2, -0.15) is 0 Å². The van der Waals surface area contributed by atoms with Gasteiger partial charge in [0.1, 0.15) is 6.10 Å². The van der Waals surface area contributed by atoms with E-state index in [4.69, 9.17) is 21.7 Å². The third-order valence-corrected chi connectivity index (χ3v) is 2.74. The number of hydrogen-bond donors (Lipinski definition) is 2. The molecule has 7 nitrogen and oxygen atoms in total. The van der Waals surface area contributed by atoms with Gasteiger partial charge in [-0.05, 0) is 26.1 Å². The molecule has 94 valence electrons. The van der Waals surface area contributed by atoms with E-state index in [9.17, 15) is 9.59 Å². The summed E-state index contributed by atoms with van der Waals surface area (Å²) in [5, 5.41) is 4.61. The highest BCUT2D eigenvalue weighted by molar-refractivity contribution is 7.71. The molecule has 1 fully saturated rings. The van der Waals surface area contributed by atoms with Gasteiger partial charge < -0.3 is 9.47 Å². The summed E-state index contributed by atoms with van der Waals surface area (Å²) in [6, 6.07) is 0. The monoisotopic (exact) mass is 259 g/mol. The Balaban J connectivity index is 2.27. The Morgan fingerprint density at radius 3 is 2.76 bits per heavy atom. The smallest absolute Gasteiger partial charge is 0.328 e. The van der Waals surface area contributed by atoms with Crippen LogP contribution in [0.1, 0.15) is 13.8 Å². The fourth-order valence-electron chi connectivity index (χ4n) is 1.67. The average Bonchev–Trinajstić information content (AvgIpc) is 2.59. The number of H-pyrrole nitrogens is 2. The Morgan fingerprint density at radius 1 is 1.47 bits per heavy atom. The predicted molar refractivity (Wildman–Crippen MR) is 61.4 cm³/mol. The van der Waals surface area contributed by atoms with E-state index in [-0.39, 0.29) is 17.4 Å². The number of nitrogens with one attached hydrogen (secondary N) is 2. The van der Waals surface area contributed by atoms with Crippen molar-refractivity contribution >= 4 is 12.2 Å². The van der Waals surface area contributed by atoms with Crippen LogP contribution in [-0.4, -0.2) is 33.3 Å². The van der Waals surface area contributed by atoms with E-state index in [1.165, 1.54) is 4.57 Å². The minimum Gasteiger partial charge on any atom is -0.348 e. The van der Waals surface area contributed by atoms with Gasteiger partial charge in [0.05, 0.1) is 13.2 Å². The maximum absolute atomic E-state index is 11.6. The van der Waals surface area contributed by atoms with Crippen molar-refractivity contribution in [2.24, 2.45) is 0 Å². The second kappa shape index (κ2) is 4.21. The first kappa shape index (κ1) is 12.2. The van der Waals surface area contributed by atoms with Crippen molar-refractivity contribution in [1.29, 1.82) is 0 Å². The SMILES string of the molecule is CC1(C)OCC(Cn2c(=S)[nH][nH]c(=O)c2=O)O1. The highest BCUT2D eigenvalue weighted by atomic mass is 32.1. The van der Waals surface area contributed by atoms with Gasteiger partial charge >= 0.3 is 11.1 Å². The molecule has 1 unspecified atom stereocenters. The van der Waals surface area contributed by atoms with Crippen molar-refractivity contribution in [3.8, 4) is 0 Å². The Bertz CT molecular complexity index is 585. The molecular weight excluding hydrogens is 246 g/mol. The van der Waals surface area contributed by atoms with E-state index >= 15 is 0 Å². The van der Waals surface area contributed by atoms with Crippen molar-refractivity contribution in [1.82, 2.24) is 14.8 Å². The molecule has 8 heteroatoms. The largest absolute Gasteiger partial charge is 0.348 e. The van der Waals surface area contributed by atoms with Crippen LogP contribution in [0, 0.1) is 4.77 Å². The number of aromatic amines is 2. The topological polar surface area (TPSA) is 89.1 Å². The van der Waals surface area contributed by atoms with Crippen molar-refractivity contribution in [2.45, 2.75) is 32.3 Å². The van der Waals surface area contributed by atoms with E-state index in [0.29, 0.717) is 6.61 Å². The van der Waals surface area contributed by atoms with Gasteiger partial charge in [0.15, 0.2) is 10.6 Å². The fraction of sp³-hybridized carbons (Fsp3) is 0.667. The van der Waals surface area contributed by atoms with Crippen LogP contribution in [0.5, 0.6) is 0 Å². The third kappa shape index (κ3) is 2.54. The quantitative estimate of drug-likeness (QED) is 0.564. The molecule has 1 saturated heterocycles. The summed E-state index contributed by atoms with van der Waals surface area (Å²) in [5.74, 6) is -0.666. The normalized spacial score (nSPS) is 22.8. The van der Waals surface area contributed by atoms with Crippen LogP contribution in [0.3, 0.4) is 0 Å². The molecule has 0 aromatic carbocycles. The molecule has 1 aromatic rings. The first-order valence-electron chi connectivity index (χ1n) is 5.12. The average molecular weight is 259 g/mol. The summed E-state index contributed by atoms with van der Waals surface area (Å²) in [6.45, 7) is 4.13. The Hall–Kier alpha value is -1.25. The molecule has 17 heavy (non-hydrogen) atoms. The summed E-state index contributed by atoms with van der Waals surface area (Å²) < 4.78 is 12.2. The van der Waals surface area contributed by atoms with Crippen molar-refractivity contribution in [3.63, 3.8) is 0 Å². The van der Waals surface area contributed by atoms with E-state index in [1.54, 1.807) is 13.8 Å². The first-order chi connectivity index (χ1) is 7.89. The van der Waals surface area contributed by atoms with E-state index < -0.39 is 16.9 Å². The predicted octanol–water partition coefficient (Wildman–Crippen LogP) is -0.254. The molecule has 0 radical (unpaired) electrons. The molecule has 2 heterocycles. The summed E-state index contributed by atoms with van der Waals surface area (Å²) in [7, 11) is 0. The molecule has 1 atom stereocenters. The van der Waals surface area contributed by atoms with Gasteiger partial charge in [0.25, 0.3) is 0 Å². The molecule has 2 rings (SSSR count). The lowest BCUT2D eigenvalue weighted by Gasteiger charge is -2.17. The van der Waals surface area contributed by atoms with Crippen molar-refractivity contribution < 1.29 is 9.47 Å². The Morgan fingerprint density at radius 2 is 2.18 bits per heavy atom. The molecule has 2 N–H and O–H groups in total. The summed E-state index contributed by atoms with van der Waals surface area (Å²) in [4.78, 5) is 22.7. The second-order valence-electron chi connectivity index (χ2n) is 4.25. The number of aromatic nitrogens is 3. The van der Waals surface area contributed by atoms with Crippen LogP contribution in [0.15, 0.2) is 9.59 Å². The van der Waals surface area contributed by atoms with E-state index in [2.05, 4.69) is 10.2 Å². The summed E-state index contributed by atoms with van der Waals surface area (Å²) >= 11 is 4.93. The van der Waals surface area contributed by atoms with Crippen LogP contribution in [0.4, 0.5) is 0 Å². The standard InChI is InChI=1S/C9H13N3O4S/c1-9(2)15-4-5(16-9)3-12-7(14)6(13)10-11-8(12)17/h5H,3-4H2,1-2H3,(H,10,13)(H,11,17). The number of ether oxygens (including phenoxy) is 2. The van der Waals surface area contributed by atoms with Crippen LogP contribution in [-0.2, 0) is 16.0 Å². The van der Waals surface area contributed by atoms with Gasteiger partial charge in [0, 0.05) is 0 Å². The number of hydrogen-bond acceptors (Lipinski definition) is 5. The lowest BCUT2D eigenvalue weighted by atomic mass is 10.3. The number of rotatable bonds is 2. The van der Waals surface area contributed by atoms with Gasteiger partial charge in [-0.1, -0.05) is 0 Å². The van der Waals surface area contributed by atoms with Crippen LogP contribution >= 0.6 is 12.2 Å². The lowest BCUT2D eigenvalue weighted by molar-refractivity contribution is -0.139. The minimum absolute atomic E-state index is 0.155. The second-order valence-corrected chi connectivity index (χ2v) is 4.64. The van der Waals surface area contributed by atoms with Crippen LogP contribution in [0.2, 0.25) is 0 Å². The van der Waals surface area contributed by atoms with Gasteiger partial charge in [-0.25, -0.2) is 0 Å². The molecule has 0 spiro atoms. The maximum atomic E-state index is 11.6. The zero-order valence-electron chi connectivity index (χ0n) is 9.48. The van der Waals surface area contributed by atoms with E-state index in [0.717, 1.165) is 0 Å². The van der Waals surface area contributed by atoms with Crippen LogP contribution < -0.4 is 11.1 Å². The summed E-state index contributed by atoms with van der Waals surface area (Å²) in [5.41, 5.74) is -1.43. The first-order valence-corrected chi connectivity index (χ1v) is 5.53. The van der Waals surface area contributed by atoms with Crippen LogP contribution in [0.25, 0.3) is 0 Å². The third-order valence-electron chi connectivity index (χ3n) is 2.42. The zero-order valence-corrected chi connectivity index (χ0v) is 10.3. The molecule has 1 aromatic heterocycles. The minimum atomic E-state index is -0.739. The lowest BCUT2D eigenvalue weighted by Crippen LogP contribution is -2.40. The Kier molecular flexibility index (Phi) is 3.02. The van der Waals surface area contributed by atoms with Gasteiger partial charge in [0.2, 0.25) is 0 Å². The fourth-order valence-corrected chi connectivity index (χ4v) is 1.88. The Labute approximate surface area is 101 Å². The molecule has 0 amide bonds. The van der Waals surface area contributed by atoms with Crippen molar-refractivity contribution in [2.75, 3.05) is 6.61 Å². The molecule has 0 bridgehead atoms. The summed E-state index contributed by atoms with van der Waals surface area (Å²) in [6.07, 6.45) is -0.292. The van der Waals surface area contributed by atoms with Gasteiger partial charge in [-0.15, -0.1) is 0 Å². The highest BCUT2D eigenvalue weighted by Crippen LogP contribution is 2.22. The highest BCUT2D eigenvalue weighted by Gasteiger charge is 2.33. The molecule has 0 saturated carbocycles. The van der Waals surface area contributed by atoms with Gasteiger partial charge in [-0.3, -0.25) is 24.4 Å². The molecule has 1 aliphatic rings. The van der Waals surface area contributed by atoms with Crippen molar-refractivity contribution in [3.05, 3.63) is 25.5 Å². The maximum Gasteiger partial charge on any atom is 0.328 e. The molecule has 1 aliphatic heterocycles. The van der Waals surface area contributed by atoms with E-state index in [1.807, 2.05) is 0 Å². The molecular formula is C9H13N3O4S. The number of nitrogens with zero attached hydrogens (tertiary/aromatic N) is 1.